The van der Waals surface area contributed by atoms with E-state index in [1.165, 1.54) is 0 Å². The molecule has 0 aliphatic rings. The summed E-state index contributed by atoms with van der Waals surface area (Å²) in [5.74, 6) is 1.68. The molecule has 0 saturated heterocycles. The van der Waals surface area contributed by atoms with E-state index in [1.54, 1.807) is 7.11 Å². The van der Waals surface area contributed by atoms with Gasteiger partial charge in [0, 0.05) is 29.5 Å². The number of nitrogens with two attached hydrogens (primary N) is 1. The smallest absolute Gasteiger partial charge is 0.154 e. The lowest BCUT2D eigenvalue weighted by Gasteiger charge is -2.11. The molecule has 0 atom stereocenters. The largest absolute Gasteiger partial charge is 0.497 e. The van der Waals surface area contributed by atoms with Crippen molar-refractivity contribution in [1.82, 2.24) is 14.5 Å². The summed E-state index contributed by atoms with van der Waals surface area (Å²) in [6.45, 7) is 2.54. The quantitative estimate of drug-likeness (QED) is 0.597. The number of aromatic amines is 1. The minimum atomic E-state index is 0.536. The number of H-pyrrole nitrogens is 1. The summed E-state index contributed by atoms with van der Waals surface area (Å²) in [5, 5.41) is 1.10. The fourth-order valence-electron chi connectivity index (χ4n) is 3.10. The third-order valence-electron chi connectivity index (χ3n) is 4.38. The van der Waals surface area contributed by atoms with E-state index in [4.69, 9.17) is 10.5 Å². The van der Waals surface area contributed by atoms with Gasteiger partial charge in [-0.05, 0) is 48.9 Å². The molecular formula is C20H20N4O. The van der Waals surface area contributed by atoms with Crippen LogP contribution in [0.1, 0.15) is 11.3 Å². The number of aromatic nitrogens is 3. The summed E-state index contributed by atoms with van der Waals surface area (Å²) in [7, 11) is 1.68. The lowest BCUT2D eigenvalue weighted by Crippen LogP contribution is -2.00. The first-order valence-corrected chi connectivity index (χ1v) is 8.20. The summed E-state index contributed by atoms with van der Waals surface area (Å²) < 4.78 is 7.57. The number of ether oxygens (including phenoxy) is 1. The zero-order chi connectivity index (χ0) is 17.4. The number of aryl methyl sites for hydroxylation is 1. The third kappa shape index (κ3) is 2.68. The number of nitrogens with zero attached hydrogens (tertiary/aromatic N) is 2. The molecule has 0 aliphatic carbocycles. The van der Waals surface area contributed by atoms with Crippen molar-refractivity contribution < 1.29 is 4.74 Å². The zero-order valence-corrected chi connectivity index (χ0v) is 14.3. The van der Waals surface area contributed by atoms with Crippen LogP contribution in [0, 0.1) is 6.92 Å². The fourth-order valence-corrected chi connectivity index (χ4v) is 3.10. The Labute approximate surface area is 146 Å². The number of fused-ring (bicyclic) bond motifs is 1. The first-order valence-electron chi connectivity index (χ1n) is 8.20. The maximum atomic E-state index is 5.73. The van der Waals surface area contributed by atoms with Crippen molar-refractivity contribution in [2.24, 2.45) is 5.73 Å². The minimum absolute atomic E-state index is 0.536. The molecule has 126 valence electrons. The van der Waals surface area contributed by atoms with E-state index in [-0.39, 0.29) is 0 Å². The topological polar surface area (TPSA) is 68.9 Å². The van der Waals surface area contributed by atoms with Crippen molar-refractivity contribution in [3.05, 3.63) is 66.0 Å². The highest BCUT2D eigenvalue weighted by Gasteiger charge is 2.15. The van der Waals surface area contributed by atoms with Crippen molar-refractivity contribution in [2.45, 2.75) is 13.5 Å². The summed E-state index contributed by atoms with van der Waals surface area (Å²) in [4.78, 5) is 7.85. The van der Waals surface area contributed by atoms with Crippen LogP contribution in [0.3, 0.4) is 0 Å². The second kappa shape index (κ2) is 6.11. The molecule has 5 heteroatoms. The number of imidazole rings is 1. The molecule has 4 aromatic rings. The van der Waals surface area contributed by atoms with Crippen LogP contribution in [0.4, 0.5) is 0 Å². The van der Waals surface area contributed by atoms with E-state index in [0.717, 1.165) is 45.1 Å². The van der Waals surface area contributed by atoms with E-state index in [2.05, 4.69) is 50.9 Å². The van der Waals surface area contributed by atoms with Crippen LogP contribution in [0.5, 0.6) is 5.75 Å². The van der Waals surface area contributed by atoms with Crippen LogP contribution in [0.2, 0.25) is 0 Å². The van der Waals surface area contributed by atoms with Gasteiger partial charge in [-0.25, -0.2) is 4.98 Å². The van der Waals surface area contributed by atoms with Crippen LogP contribution < -0.4 is 10.5 Å². The first-order chi connectivity index (χ1) is 12.2. The Hall–Kier alpha value is -3.05. The normalized spacial score (nSPS) is 11.2. The number of methoxy groups -OCH3 is 1. The zero-order valence-electron chi connectivity index (χ0n) is 14.3. The van der Waals surface area contributed by atoms with Gasteiger partial charge in [-0.2, -0.15) is 0 Å². The van der Waals surface area contributed by atoms with Crippen LogP contribution in [0.25, 0.3) is 28.1 Å². The summed E-state index contributed by atoms with van der Waals surface area (Å²) >= 11 is 0. The number of hydrogen-bond donors (Lipinski definition) is 2. The van der Waals surface area contributed by atoms with E-state index in [9.17, 15) is 0 Å². The Morgan fingerprint density at radius 3 is 2.56 bits per heavy atom. The lowest BCUT2D eigenvalue weighted by atomic mass is 10.2. The second-order valence-corrected chi connectivity index (χ2v) is 6.08. The summed E-state index contributed by atoms with van der Waals surface area (Å²) in [6.07, 6.45) is 1.84. The van der Waals surface area contributed by atoms with Gasteiger partial charge in [0.25, 0.3) is 0 Å². The molecule has 25 heavy (non-hydrogen) atoms. The number of rotatable bonds is 4. The van der Waals surface area contributed by atoms with Crippen molar-refractivity contribution in [1.29, 1.82) is 0 Å². The van der Waals surface area contributed by atoms with Crippen LogP contribution >= 0.6 is 0 Å². The van der Waals surface area contributed by atoms with E-state index < -0.39 is 0 Å². The van der Waals surface area contributed by atoms with Gasteiger partial charge in [-0.15, -0.1) is 0 Å². The van der Waals surface area contributed by atoms with Gasteiger partial charge >= 0.3 is 0 Å². The minimum Gasteiger partial charge on any atom is -0.497 e. The van der Waals surface area contributed by atoms with E-state index in [0.29, 0.717) is 6.54 Å². The SMILES string of the molecule is COc1ccc2c(c1)cc(-c1ncc(C)[nH]1)n2-c1ccc(CN)cc1. The molecule has 0 fully saturated rings. The number of hydrogen-bond acceptors (Lipinski definition) is 3. The van der Waals surface area contributed by atoms with Gasteiger partial charge in [0.1, 0.15) is 5.75 Å². The van der Waals surface area contributed by atoms with Crippen molar-refractivity contribution in [3.8, 4) is 23.0 Å². The van der Waals surface area contributed by atoms with E-state index in [1.807, 2.05) is 25.3 Å². The molecule has 0 spiro atoms. The fraction of sp³-hybridized carbons (Fsp3) is 0.150. The molecule has 0 amide bonds. The predicted molar refractivity (Wildman–Crippen MR) is 100 cm³/mol. The van der Waals surface area contributed by atoms with Crippen LogP contribution in [-0.2, 0) is 6.54 Å². The first kappa shape index (κ1) is 15.5. The van der Waals surface area contributed by atoms with Crippen molar-refractivity contribution in [3.63, 3.8) is 0 Å². The Morgan fingerprint density at radius 2 is 1.92 bits per heavy atom. The average molecular weight is 332 g/mol. The summed E-state index contributed by atoms with van der Waals surface area (Å²) in [5.41, 5.74) is 11.1. The molecule has 2 aromatic heterocycles. The van der Waals surface area contributed by atoms with Crippen molar-refractivity contribution >= 4 is 10.9 Å². The monoisotopic (exact) mass is 332 g/mol. The molecule has 4 rings (SSSR count). The predicted octanol–water partition coefficient (Wildman–Crippen LogP) is 3.80. The second-order valence-electron chi connectivity index (χ2n) is 6.08. The van der Waals surface area contributed by atoms with Crippen molar-refractivity contribution in [2.75, 3.05) is 7.11 Å². The molecule has 0 bridgehead atoms. The molecule has 2 heterocycles. The Morgan fingerprint density at radius 1 is 1.12 bits per heavy atom. The van der Waals surface area contributed by atoms with Gasteiger partial charge in [0.05, 0.1) is 18.3 Å². The highest BCUT2D eigenvalue weighted by atomic mass is 16.5. The van der Waals surface area contributed by atoms with Gasteiger partial charge < -0.3 is 20.0 Å². The van der Waals surface area contributed by atoms with Gasteiger partial charge in [-0.1, -0.05) is 12.1 Å². The Bertz CT molecular complexity index is 1030. The molecule has 3 N–H and O–H groups in total. The maximum Gasteiger partial charge on any atom is 0.154 e. The van der Waals surface area contributed by atoms with Crippen LogP contribution in [0.15, 0.2) is 54.7 Å². The average Bonchev–Trinajstić information content (AvgIpc) is 3.24. The highest BCUT2D eigenvalue weighted by Crippen LogP contribution is 2.32. The Balaban J connectivity index is 1.98. The lowest BCUT2D eigenvalue weighted by molar-refractivity contribution is 0.415. The van der Waals surface area contributed by atoms with Gasteiger partial charge in [-0.3, -0.25) is 0 Å². The molecule has 0 aliphatic heterocycles. The molecule has 2 aromatic carbocycles. The summed E-state index contributed by atoms with van der Waals surface area (Å²) in [6, 6.07) is 16.5. The molecular weight excluding hydrogens is 312 g/mol. The number of benzene rings is 2. The molecule has 0 radical (unpaired) electrons. The Kier molecular flexibility index (Phi) is 3.78. The van der Waals surface area contributed by atoms with Gasteiger partial charge in [0.15, 0.2) is 5.82 Å². The number of nitrogens with one attached hydrogen (secondary N) is 1. The standard InChI is InChI=1S/C20H20N4O/c1-13-12-22-20(23-13)19-10-15-9-17(25-2)7-8-18(15)24(19)16-5-3-14(11-21)4-6-16/h3-10,12H,11,21H2,1-2H3,(H,22,23). The van der Waals surface area contributed by atoms with Crippen LogP contribution in [-0.4, -0.2) is 21.6 Å². The third-order valence-corrected chi connectivity index (χ3v) is 4.38. The van der Waals surface area contributed by atoms with Gasteiger partial charge in [0.2, 0.25) is 0 Å². The highest BCUT2D eigenvalue weighted by molar-refractivity contribution is 5.89. The van der Waals surface area contributed by atoms with E-state index >= 15 is 0 Å². The molecule has 0 unspecified atom stereocenters. The molecule has 5 nitrogen and oxygen atoms in total. The molecule has 0 saturated carbocycles. The maximum absolute atomic E-state index is 5.73.